The number of carbonyl (C=O) groups excluding carboxylic acids is 2. The predicted molar refractivity (Wildman–Crippen MR) is 138 cm³/mol. The van der Waals surface area contributed by atoms with Gasteiger partial charge in [-0.2, -0.15) is 11.8 Å². The Kier molecular flexibility index (Phi) is 10.2. The lowest BCUT2D eigenvalue weighted by Gasteiger charge is -2.32. The molecule has 1 aliphatic heterocycles. The van der Waals surface area contributed by atoms with Gasteiger partial charge in [-0.3, -0.25) is 14.5 Å². The molecule has 34 heavy (non-hydrogen) atoms. The van der Waals surface area contributed by atoms with Crippen molar-refractivity contribution < 1.29 is 14.3 Å². The smallest absolute Gasteiger partial charge is 0.255 e. The Morgan fingerprint density at radius 2 is 1.79 bits per heavy atom. The average Bonchev–Trinajstić information content (AvgIpc) is 2.86. The molecule has 2 N–H and O–H groups in total. The van der Waals surface area contributed by atoms with Gasteiger partial charge in [0.25, 0.3) is 5.91 Å². The van der Waals surface area contributed by atoms with Crippen LogP contribution < -0.4 is 15.4 Å². The molecule has 8 heteroatoms. The minimum Gasteiger partial charge on any atom is -0.496 e. The molecule has 0 radical (unpaired) electrons. The van der Waals surface area contributed by atoms with Crippen LogP contribution in [0.5, 0.6) is 5.75 Å². The van der Waals surface area contributed by atoms with Crippen molar-refractivity contribution in [3.05, 3.63) is 65.2 Å². The van der Waals surface area contributed by atoms with Crippen molar-refractivity contribution >= 4 is 23.6 Å². The van der Waals surface area contributed by atoms with Crippen LogP contribution in [0, 0.1) is 0 Å². The number of carbonyl (C=O) groups is 2. The van der Waals surface area contributed by atoms with Gasteiger partial charge in [-0.15, -0.1) is 0 Å². The van der Waals surface area contributed by atoms with Crippen LogP contribution in [0.1, 0.15) is 27.9 Å². The number of piperazine rings is 1. The number of likely N-dealkylation sites (N-methyl/N-ethyl adjacent to an activating group) is 1. The summed E-state index contributed by atoms with van der Waals surface area (Å²) in [5, 5.41) is 5.91. The standard InChI is InChI=1S/C26H36N4O3S/c1-29-12-14-30(15-13-29)19-21-8-6-7-20(17-21)18-27-26(32)23(11-16-34-3)28-25(31)22-9-4-5-10-24(22)33-2/h4-10,17,23H,11-16,18-19H2,1-3H3,(H,27,32)(H,28,31). The highest BCUT2D eigenvalue weighted by Gasteiger charge is 2.22. The second kappa shape index (κ2) is 13.4. The van der Waals surface area contributed by atoms with Crippen LogP contribution in [0.25, 0.3) is 0 Å². The topological polar surface area (TPSA) is 73.9 Å². The number of hydrogen-bond acceptors (Lipinski definition) is 6. The van der Waals surface area contributed by atoms with E-state index in [2.05, 4.69) is 39.6 Å². The van der Waals surface area contributed by atoms with E-state index in [0.29, 0.717) is 24.3 Å². The first-order valence-corrected chi connectivity index (χ1v) is 13.1. The largest absolute Gasteiger partial charge is 0.496 e. The van der Waals surface area contributed by atoms with Gasteiger partial charge in [0.15, 0.2) is 0 Å². The predicted octanol–water partition coefficient (Wildman–Crippen LogP) is 2.61. The molecule has 0 spiro atoms. The summed E-state index contributed by atoms with van der Waals surface area (Å²) < 4.78 is 5.29. The first-order chi connectivity index (χ1) is 16.5. The van der Waals surface area contributed by atoms with Crippen molar-refractivity contribution in [1.82, 2.24) is 20.4 Å². The highest BCUT2D eigenvalue weighted by Crippen LogP contribution is 2.17. The van der Waals surface area contributed by atoms with Crippen molar-refractivity contribution in [1.29, 1.82) is 0 Å². The van der Waals surface area contributed by atoms with Gasteiger partial charge in [-0.05, 0) is 48.7 Å². The summed E-state index contributed by atoms with van der Waals surface area (Å²) in [4.78, 5) is 30.7. The van der Waals surface area contributed by atoms with Crippen molar-refractivity contribution in [3.63, 3.8) is 0 Å². The fourth-order valence-electron chi connectivity index (χ4n) is 3.99. The fraction of sp³-hybridized carbons (Fsp3) is 0.462. The maximum Gasteiger partial charge on any atom is 0.255 e. The Morgan fingerprint density at radius 1 is 1.06 bits per heavy atom. The van der Waals surface area contributed by atoms with E-state index in [1.165, 1.54) is 12.7 Å². The normalized spacial score (nSPS) is 15.5. The average molecular weight is 485 g/mol. The van der Waals surface area contributed by atoms with E-state index < -0.39 is 6.04 Å². The van der Waals surface area contributed by atoms with Gasteiger partial charge < -0.3 is 20.3 Å². The van der Waals surface area contributed by atoms with E-state index in [4.69, 9.17) is 4.74 Å². The number of hydrogen-bond donors (Lipinski definition) is 2. The second-order valence-electron chi connectivity index (χ2n) is 8.62. The zero-order valence-electron chi connectivity index (χ0n) is 20.4. The molecule has 1 fully saturated rings. The number of ether oxygens (including phenoxy) is 1. The molecule has 0 saturated carbocycles. The molecule has 1 aliphatic rings. The summed E-state index contributed by atoms with van der Waals surface area (Å²) in [6.07, 6.45) is 2.54. The van der Waals surface area contributed by atoms with Crippen LogP contribution in [0.4, 0.5) is 0 Å². The van der Waals surface area contributed by atoms with Gasteiger partial charge >= 0.3 is 0 Å². The van der Waals surface area contributed by atoms with Gasteiger partial charge in [0, 0.05) is 39.3 Å². The van der Waals surface area contributed by atoms with E-state index in [1.807, 2.05) is 24.5 Å². The first-order valence-electron chi connectivity index (χ1n) is 11.7. The lowest BCUT2D eigenvalue weighted by atomic mass is 10.1. The van der Waals surface area contributed by atoms with Gasteiger partial charge in [0.05, 0.1) is 12.7 Å². The maximum atomic E-state index is 13.0. The first kappa shape index (κ1) is 26.1. The molecule has 1 saturated heterocycles. The summed E-state index contributed by atoms with van der Waals surface area (Å²) in [6, 6.07) is 14.8. The van der Waals surface area contributed by atoms with Crippen LogP contribution in [-0.2, 0) is 17.9 Å². The quantitative estimate of drug-likeness (QED) is 0.511. The molecule has 3 rings (SSSR count). The second-order valence-corrected chi connectivity index (χ2v) is 9.61. The van der Waals surface area contributed by atoms with Crippen molar-refractivity contribution in [2.45, 2.75) is 25.6 Å². The van der Waals surface area contributed by atoms with Crippen LogP contribution in [-0.4, -0.2) is 80.0 Å². The maximum absolute atomic E-state index is 13.0. The molecule has 2 amide bonds. The molecular weight excluding hydrogens is 448 g/mol. The summed E-state index contributed by atoms with van der Waals surface area (Å²) in [6.45, 7) is 5.67. The van der Waals surface area contributed by atoms with Crippen molar-refractivity contribution in [2.75, 3.05) is 52.3 Å². The van der Waals surface area contributed by atoms with Crippen LogP contribution in [0.3, 0.4) is 0 Å². The number of para-hydroxylation sites is 1. The van der Waals surface area contributed by atoms with Gasteiger partial charge in [0.2, 0.25) is 5.91 Å². The molecule has 1 heterocycles. The van der Waals surface area contributed by atoms with Gasteiger partial charge in [0.1, 0.15) is 11.8 Å². The highest BCUT2D eigenvalue weighted by molar-refractivity contribution is 7.98. The zero-order chi connectivity index (χ0) is 24.3. The molecule has 0 aromatic heterocycles. The number of benzene rings is 2. The zero-order valence-corrected chi connectivity index (χ0v) is 21.2. The molecular formula is C26H36N4O3S. The molecule has 0 aliphatic carbocycles. The molecule has 1 unspecified atom stereocenters. The van der Waals surface area contributed by atoms with Crippen LogP contribution in [0.2, 0.25) is 0 Å². The minimum absolute atomic E-state index is 0.179. The molecule has 2 aromatic carbocycles. The Morgan fingerprint density at radius 3 is 2.53 bits per heavy atom. The highest BCUT2D eigenvalue weighted by atomic mass is 32.2. The Labute approximate surface area is 207 Å². The summed E-state index contributed by atoms with van der Waals surface area (Å²) in [7, 11) is 3.69. The van der Waals surface area contributed by atoms with E-state index >= 15 is 0 Å². The van der Waals surface area contributed by atoms with Crippen molar-refractivity contribution in [2.24, 2.45) is 0 Å². The Hall–Kier alpha value is -2.55. The number of rotatable bonds is 11. The summed E-state index contributed by atoms with van der Waals surface area (Å²) in [5.74, 6) is 0.765. The van der Waals surface area contributed by atoms with E-state index in [1.54, 1.807) is 30.0 Å². The lowest BCUT2D eigenvalue weighted by Crippen LogP contribution is -2.47. The lowest BCUT2D eigenvalue weighted by molar-refractivity contribution is -0.123. The molecule has 2 aromatic rings. The fourth-order valence-corrected chi connectivity index (χ4v) is 4.46. The number of thioether (sulfide) groups is 1. The molecule has 0 bridgehead atoms. The molecule has 7 nitrogen and oxygen atoms in total. The number of methoxy groups -OCH3 is 1. The Balaban J connectivity index is 1.58. The van der Waals surface area contributed by atoms with Crippen LogP contribution in [0.15, 0.2) is 48.5 Å². The monoisotopic (exact) mass is 484 g/mol. The number of nitrogens with one attached hydrogen (secondary N) is 2. The number of nitrogens with zero attached hydrogens (tertiary/aromatic N) is 2. The molecule has 1 atom stereocenters. The minimum atomic E-state index is -0.613. The third kappa shape index (κ3) is 7.75. The summed E-state index contributed by atoms with van der Waals surface area (Å²) >= 11 is 1.65. The van der Waals surface area contributed by atoms with E-state index in [0.717, 1.165) is 44.0 Å². The SMILES string of the molecule is COc1ccccc1C(=O)NC(CCSC)C(=O)NCc1cccc(CN2CCN(C)CC2)c1. The Bertz CT molecular complexity index is 947. The van der Waals surface area contributed by atoms with Crippen LogP contribution >= 0.6 is 11.8 Å². The van der Waals surface area contributed by atoms with Gasteiger partial charge in [-0.25, -0.2) is 0 Å². The summed E-state index contributed by atoms with van der Waals surface area (Å²) in [5.41, 5.74) is 2.72. The third-order valence-electron chi connectivity index (χ3n) is 6.04. The van der Waals surface area contributed by atoms with Crippen molar-refractivity contribution in [3.8, 4) is 5.75 Å². The third-order valence-corrected chi connectivity index (χ3v) is 6.69. The molecule has 184 valence electrons. The van der Waals surface area contributed by atoms with E-state index in [-0.39, 0.29) is 11.8 Å². The van der Waals surface area contributed by atoms with Gasteiger partial charge in [-0.1, -0.05) is 36.4 Å². The van der Waals surface area contributed by atoms with E-state index in [9.17, 15) is 9.59 Å². The number of amides is 2.